The number of nitrogens with one attached hydrogen (secondary N) is 1. The largest absolute Gasteiger partial charge is 0.495 e. The van der Waals surface area contributed by atoms with Gasteiger partial charge in [0.25, 0.3) is 5.91 Å². The molecule has 0 aliphatic carbocycles. The third-order valence-electron chi connectivity index (χ3n) is 4.72. The van der Waals surface area contributed by atoms with E-state index >= 15 is 0 Å². The van der Waals surface area contributed by atoms with E-state index in [4.69, 9.17) is 21.3 Å². The van der Waals surface area contributed by atoms with Gasteiger partial charge in [0, 0.05) is 17.4 Å². The molecule has 0 saturated carbocycles. The van der Waals surface area contributed by atoms with Gasteiger partial charge in [0.15, 0.2) is 0 Å². The maximum atomic E-state index is 13.3. The van der Waals surface area contributed by atoms with Gasteiger partial charge in [0.2, 0.25) is 0 Å². The van der Waals surface area contributed by atoms with Crippen LogP contribution in [0, 0.1) is 13.8 Å². The maximum absolute atomic E-state index is 13.3. The Morgan fingerprint density at radius 2 is 1.76 bits per heavy atom. The van der Waals surface area contributed by atoms with Crippen LogP contribution in [-0.2, 0) is 0 Å². The normalized spacial score (nSPS) is 10.9. The number of aryl methyl sites for hydroxylation is 2. The molecule has 0 aliphatic rings. The highest BCUT2D eigenvalue weighted by atomic mass is 35.5. The van der Waals surface area contributed by atoms with Gasteiger partial charge in [-0.3, -0.25) is 9.20 Å². The molecule has 0 fully saturated rings. The van der Waals surface area contributed by atoms with E-state index in [1.54, 1.807) is 25.3 Å². The van der Waals surface area contributed by atoms with Crippen LogP contribution >= 0.6 is 11.6 Å². The lowest BCUT2D eigenvalue weighted by molar-refractivity contribution is 0.102. The van der Waals surface area contributed by atoms with Gasteiger partial charge in [-0.1, -0.05) is 47.5 Å². The minimum atomic E-state index is -0.264. The van der Waals surface area contributed by atoms with E-state index in [1.165, 1.54) is 0 Å². The van der Waals surface area contributed by atoms with Crippen molar-refractivity contribution in [2.45, 2.75) is 13.8 Å². The van der Waals surface area contributed by atoms with Crippen molar-refractivity contribution in [2.24, 2.45) is 0 Å². The van der Waals surface area contributed by atoms with E-state index in [-0.39, 0.29) is 5.91 Å². The fourth-order valence-corrected chi connectivity index (χ4v) is 3.47. The van der Waals surface area contributed by atoms with Crippen molar-refractivity contribution in [1.82, 2.24) is 9.38 Å². The molecule has 2 aromatic carbocycles. The zero-order valence-electron chi connectivity index (χ0n) is 16.4. The van der Waals surface area contributed by atoms with Crippen LogP contribution in [0.2, 0.25) is 5.02 Å². The standard InChI is InChI=1S/C23H20ClN3O2/c1-14-4-7-16(8-5-14)21-22(27-13-15(2)6-11-20(27)26-21)23(28)25-17-9-10-19(29-3)18(24)12-17/h4-13H,1-3H3,(H,25,28). The molecule has 2 aromatic heterocycles. The summed E-state index contributed by atoms with van der Waals surface area (Å²) in [4.78, 5) is 18.0. The fourth-order valence-electron chi connectivity index (χ4n) is 3.21. The summed E-state index contributed by atoms with van der Waals surface area (Å²) in [5.41, 5.74) is 5.46. The molecule has 6 heteroatoms. The number of nitrogens with zero attached hydrogens (tertiary/aromatic N) is 2. The second-order valence-electron chi connectivity index (χ2n) is 6.91. The first-order valence-corrected chi connectivity index (χ1v) is 9.54. The summed E-state index contributed by atoms with van der Waals surface area (Å²) in [5.74, 6) is 0.287. The van der Waals surface area contributed by atoms with Crippen LogP contribution in [0.15, 0.2) is 60.8 Å². The van der Waals surface area contributed by atoms with Gasteiger partial charge in [-0.05, 0) is 43.7 Å². The molecule has 0 bridgehead atoms. The SMILES string of the molecule is COc1ccc(NC(=O)c2c(-c3ccc(C)cc3)nc3ccc(C)cn23)cc1Cl. The average molecular weight is 406 g/mol. The number of rotatable bonds is 4. The number of amides is 1. The topological polar surface area (TPSA) is 55.6 Å². The second-order valence-corrected chi connectivity index (χ2v) is 7.32. The number of fused-ring (bicyclic) bond motifs is 1. The molecule has 1 N–H and O–H groups in total. The Hall–Kier alpha value is -3.31. The summed E-state index contributed by atoms with van der Waals surface area (Å²) in [7, 11) is 1.55. The molecule has 5 nitrogen and oxygen atoms in total. The maximum Gasteiger partial charge on any atom is 0.274 e. The van der Waals surface area contributed by atoms with E-state index in [2.05, 4.69) is 5.32 Å². The van der Waals surface area contributed by atoms with E-state index < -0.39 is 0 Å². The number of benzene rings is 2. The number of aromatic nitrogens is 2. The average Bonchev–Trinajstić information content (AvgIpc) is 3.07. The summed E-state index contributed by atoms with van der Waals surface area (Å²) in [6.07, 6.45) is 1.91. The Morgan fingerprint density at radius 3 is 2.45 bits per heavy atom. The van der Waals surface area contributed by atoms with Gasteiger partial charge in [-0.25, -0.2) is 4.98 Å². The highest BCUT2D eigenvalue weighted by molar-refractivity contribution is 6.32. The number of pyridine rings is 1. The Labute approximate surface area is 173 Å². The summed E-state index contributed by atoms with van der Waals surface area (Å²) in [6.45, 7) is 4.01. The lowest BCUT2D eigenvalue weighted by Crippen LogP contribution is -2.15. The second kappa shape index (κ2) is 7.60. The van der Waals surface area contributed by atoms with E-state index in [9.17, 15) is 4.79 Å². The van der Waals surface area contributed by atoms with E-state index in [1.807, 2.05) is 60.8 Å². The molecule has 0 aliphatic heterocycles. The first-order valence-electron chi connectivity index (χ1n) is 9.17. The van der Waals surface area contributed by atoms with Gasteiger partial charge < -0.3 is 10.1 Å². The van der Waals surface area contributed by atoms with E-state index in [0.717, 1.165) is 16.7 Å². The fraction of sp³-hybridized carbons (Fsp3) is 0.130. The molecule has 146 valence electrons. The number of hydrogen-bond acceptors (Lipinski definition) is 3. The van der Waals surface area contributed by atoms with Gasteiger partial charge in [0.05, 0.1) is 12.1 Å². The number of carbonyl (C=O) groups is 1. The van der Waals surface area contributed by atoms with Gasteiger partial charge in [-0.2, -0.15) is 0 Å². The van der Waals surface area contributed by atoms with Gasteiger partial charge >= 0.3 is 0 Å². The number of imidazole rings is 1. The minimum absolute atomic E-state index is 0.264. The smallest absolute Gasteiger partial charge is 0.274 e. The summed E-state index contributed by atoms with van der Waals surface area (Å²) in [5, 5.41) is 3.36. The molecule has 4 rings (SSSR count). The lowest BCUT2D eigenvalue weighted by atomic mass is 10.1. The molecule has 0 spiro atoms. The summed E-state index contributed by atoms with van der Waals surface area (Å²) in [6, 6.07) is 17.0. The predicted octanol–water partition coefficient (Wildman–Crippen LogP) is 5.53. The Kier molecular flexibility index (Phi) is 4.99. The van der Waals surface area contributed by atoms with Crippen LogP contribution in [0.1, 0.15) is 21.6 Å². The molecule has 1 amide bonds. The zero-order chi connectivity index (χ0) is 20.5. The van der Waals surface area contributed by atoms with Crippen molar-refractivity contribution in [2.75, 3.05) is 12.4 Å². The number of halogens is 1. The van der Waals surface area contributed by atoms with Crippen molar-refractivity contribution in [3.05, 3.63) is 82.6 Å². The molecule has 0 unspecified atom stereocenters. The quantitative estimate of drug-likeness (QED) is 0.485. The van der Waals surface area contributed by atoms with Gasteiger partial charge in [-0.15, -0.1) is 0 Å². The number of anilines is 1. The number of carbonyl (C=O) groups excluding carboxylic acids is 1. The molecule has 0 atom stereocenters. The predicted molar refractivity (Wildman–Crippen MR) is 116 cm³/mol. The Bertz CT molecular complexity index is 1210. The van der Waals surface area contributed by atoms with E-state index in [0.29, 0.717) is 33.5 Å². The third-order valence-corrected chi connectivity index (χ3v) is 5.01. The molecular weight excluding hydrogens is 386 g/mol. The van der Waals surface area contributed by atoms with Crippen LogP contribution in [-0.4, -0.2) is 22.4 Å². The van der Waals surface area contributed by atoms with Crippen molar-refractivity contribution >= 4 is 28.8 Å². The first kappa shape index (κ1) is 19.0. The van der Waals surface area contributed by atoms with Crippen LogP contribution in [0.4, 0.5) is 5.69 Å². The zero-order valence-corrected chi connectivity index (χ0v) is 17.1. The summed E-state index contributed by atoms with van der Waals surface area (Å²) < 4.78 is 7.00. The van der Waals surface area contributed by atoms with Crippen LogP contribution in [0.25, 0.3) is 16.9 Å². The molecule has 0 radical (unpaired) electrons. The molecule has 2 heterocycles. The van der Waals surface area contributed by atoms with Crippen molar-refractivity contribution in [3.8, 4) is 17.0 Å². The molecule has 29 heavy (non-hydrogen) atoms. The molecule has 0 saturated heterocycles. The van der Waals surface area contributed by atoms with Crippen molar-refractivity contribution in [3.63, 3.8) is 0 Å². The van der Waals surface area contributed by atoms with Gasteiger partial charge in [0.1, 0.15) is 22.8 Å². The number of ether oxygens (including phenoxy) is 1. The number of hydrogen-bond donors (Lipinski definition) is 1. The van der Waals surface area contributed by atoms with Crippen molar-refractivity contribution in [1.29, 1.82) is 0 Å². The first-order chi connectivity index (χ1) is 14.0. The van der Waals surface area contributed by atoms with Crippen LogP contribution in [0.3, 0.4) is 0 Å². The molecule has 4 aromatic rings. The molecular formula is C23H20ClN3O2. The summed E-state index contributed by atoms with van der Waals surface area (Å²) >= 11 is 6.20. The highest BCUT2D eigenvalue weighted by Gasteiger charge is 2.21. The van der Waals surface area contributed by atoms with Crippen molar-refractivity contribution < 1.29 is 9.53 Å². The van der Waals surface area contributed by atoms with Crippen LogP contribution in [0.5, 0.6) is 5.75 Å². The Balaban J connectivity index is 1.81. The Morgan fingerprint density at radius 1 is 1.03 bits per heavy atom. The van der Waals surface area contributed by atoms with Crippen LogP contribution < -0.4 is 10.1 Å². The highest BCUT2D eigenvalue weighted by Crippen LogP contribution is 2.29. The monoisotopic (exact) mass is 405 g/mol. The lowest BCUT2D eigenvalue weighted by Gasteiger charge is -2.10. The third kappa shape index (κ3) is 3.69. The minimum Gasteiger partial charge on any atom is -0.495 e. The number of methoxy groups -OCH3 is 1.